The normalized spacial score (nSPS) is 12.3. The maximum absolute atomic E-state index is 12.9. The summed E-state index contributed by atoms with van der Waals surface area (Å²) < 4.78 is 28.4. The molecule has 1 atom stereocenters. The number of aromatic nitrogens is 1. The first kappa shape index (κ1) is 22.2. The summed E-state index contributed by atoms with van der Waals surface area (Å²) in [4.78, 5) is 16.6. The number of hydrogen-bond acceptors (Lipinski definition) is 4. The number of carbonyl (C=O) groups excluding carboxylic acids is 1. The topological polar surface area (TPSA) is 88.2 Å². The van der Waals surface area contributed by atoms with Crippen LogP contribution in [0.25, 0.3) is 0 Å². The zero-order chi connectivity index (χ0) is 21.6. The Morgan fingerprint density at radius 1 is 0.967 bits per heavy atom. The highest BCUT2D eigenvalue weighted by Crippen LogP contribution is 2.25. The molecule has 3 rings (SSSR count). The fraction of sp³-hybridized carbons (Fsp3) is 0.143. The zero-order valence-corrected chi connectivity index (χ0v) is 18.1. The van der Waals surface area contributed by atoms with E-state index in [9.17, 15) is 13.2 Å². The SMILES string of the molecule is O=C(NCc1ccncc1)[C@@H](Cc1ccccc1)NS(=O)(=O)c1cc(Cl)ccc1Cl. The molecule has 2 N–H and O–H groups in total. The predicted octanol–water partition coefficient (Wildman–Crippen LogP) is 3.59. The van der Waals surface area contributed by atoms with E-state index < -0.39 is 22.0 Å². The van der Waals surface area contributed by atoms with Crippen molar-refractivity contribution in [3.05, 3.63) is 94.2 Å². The van der Waals surface area contributed by atoms with Gasteiger partial charge < -0.3 is 5.32 Å². The van der Waals surface area contributed by atoms with E-state index in [1.807, 2.05) is 30.3 Å². The number of halogens is 2. The lowest BCUT2D eigenvalue weighted by Crippen LogP contribution is -2.47. The lowest BCUT2D eigenvalue weighted by Gasteiger charge is -2.19. The molecule has 30 heavy (non-hydrogen) atoms. The molecule has 1 aromatic heterocycles. The lowest BCUT2D eigenvalue weighted by molar-refractivity contribution is -0.122. The van der Waals surface area contributed by atoms with E-state index >= 15 is 0 Å². The van der Waals surface area contributed by atoms with E-state index in [1.165, 1.54) is 18.2 Å². The summed E-state index contributed by atoms with van der Waals surface area (Å²) in [6.45, 7) is 0.242. The van der Waals surface area contributed by atoms with Crippen LogP contribution in [0.15, 0.2) is 78.0 Å². The Labute approximate surface area is 185 Å². The van der Waals surface area contributed by atoms with Crippen molar-refractivity contribution in [1.82, 2.24) is 15.0 Å². The summed E-state index contributed by atoms with van der Waals surface area (Å²) in [6.07, 6.45) is 3.40. The summed E-state index contributed by atoms with van der Waals surface area (Å²) >= 11 is 12.0. The van der Waals surface area contributed by atoms with Crippen molar-refractivity contribution in [3.8, 4) is 0 Å². The fourth-order valence-electron chi connectivity index (χ4n) is 2.78. The van der Waals surface area contributed by atoms with Gasteiger partial charge in [0.1, 0.15) is 10.9 Å². The number of hydrogen-bond donors (Lipinski definition) is 2. The smallest absolute Gasteiger partial charge is 0.242 e. The van der Waals surface area contributed by atoms with Gasteiger partial charge in [-0.2, -0.15) is 4.72 Å². The Hall–Kier alpha value is -2.45. The Bertz CT molecular complexity index is 1110. The molecule has 0 bridgehead atoms. The first-order valence-electron chi connectivity index (χ1n) is 9.03. The highest BCUT2D eigenvalue weighted by molar-refractivity contribution is 7.89. The number of pyridine rings is 1. The molecular weight excluding hydrogens is 445 g/mol. The second-order valence-corrected chi connectivity index (χ2v) is 9.04. The number of amides is 1. The first-order chi connectivity index (χ1) is 14.3. The Morgan fingerprint density at radius 3 is 2.37 bits per heavy atom. The molecule has 0 saturated carbocycles. The van der Waals surface area contributed by atoms with Crippen LogP contribution in [-0.2, 0) is 27.8 Å². The second-order valence-electron chi connectivity index (χ2n) is 6.51. The van der Waals surface area contributed by atoms with Crippen molar-refractivity contribution in [2.24, 2.45) is 0 Å². The van der Waals surface area contributed by atoms with Gasteiger partial charge in [-0.25, -0.2) is 8.42 Å². The molecule has 1 amide bonds. The molecule has 156 valence electrons. The maximum Gasteiger partial charge on any atom is 0.242 e. The molecule has 0 aliphatic rings. The predicted molar refractivity (Wildman–Crippen MR) is 117 cm³/mol. The van der Waals surface area contributed by atoms with Gasteiger partial charge in [0.05, 0.1) is 5.02 Å². The molecule has 0 aliphatic carbocycles. The largest absolute Gasteiger partial charge is 0.351 e. The molecule has 0 aliphatic heterocycles. The third kappa shape index (κ3) is 6.03. The van der Waals surface area contributed by atoms with Crippen LogP contribution in [0, 0.1) is 0 Å². The van der Waals surface area contributed by atoms with Crippen LogP contribution >= 0.6 is 23.2 Å². The maximum atomic E-state index is 12.9. The van der Waals surface area contributed by atoms with E-state index in [0.717, 1.165) is 11.1 Å². The van der Waals surface area contributed by atoms with Crippen LogP contribution in [0.5, 0.6) is 0 Å². The molecule has 2 aromatic carbocycles. The van der Waals surface area contributed by atoms with Crippen LogP contribution in [0.4, 0.5) is 0 Å². The van der Waals surface area contributed by atoms with Crippen LogP contribution in [-0.4, -0.2) is 25.4 Å². The van der Waals surface area contributed by atoms with Gasteiger partial charge >= 0.3 is 0 Å². The Kier molecular flexibility index (Phi) is 7.44. The third-order valence-corrected chi connectivity index (χ3v) is 6.48. The number of rotatable bonds is 8. The average Bonchev–Trinajstić information content (AvgIpc) is 2.74. The Morgan fingerprint density at radius 2 is 1.67 bits per heavy atom. The Balaban J connectivity index is 1.83. The summed E-state index contributed by atoms with van der Waals surface area (Å²) in [5.74, 6) is -0.461. The minimum atomic E-state index is -4.10. The molecule has 3 aromatic rings. The molecule has 9 heteroatoms. The summed E-state index contributed by atoms with van der Waals surface area (Å²) in [5.41, 5.74) is 1.65. The van der Waals surface area contributed by atoms with Gasteiger partial charge in [0.2, 0.25) is 15.9 Å². The monoisotopic (exact) mass is 463 g/mol. The summed E-state index contributed by atoms with van der Waals surface area (Å²) in [7, 11) is -4.10. The van der Waals surface area contributed by atoms with E-state index in [-0.39, 0.29) is 27.9 Å². The minimum Gasteiger partial charge on any atom is -0.351 e. The zero-order valence-electron chi connectivity index (χ0n) is 15.8. The van der Waals surface area contributed by atoms with Crippen LogP contribution < -0.4 is 10.0 Å². The van der Waals surface area contributed by atoms with Gasteiger partial charge in [-0.15, -0.1) is 0 Å². The van der Waals surface area contributed by atoms with Gasteiger partial charge in [0.15, 0.2) is 0 Å². The van der Waals surface area contributed by atoms with E-state index in [1.54, 1.807) is 24.5 Å². The lowest BCUT2D eigenvalue weighted by atomic mass is 10.1. The molecule has 0 radical (unpaired) electrons. The van der Waals surface area contributed by atoms with Gasteiger partial charge in [0, 0.05) is 24.0 Å². The molecule has 0 spiro atoms. The first-order valence-corrected chi connectivity index (χ1v) is 11.3. The molecular formula is C21H19Cl2N3O3S. The van der Waals surface area contributed by atoms with Gasteiger partial charge in [-0.3, -0.25) is 9.78 Å². The number of nitrogens with zero attached hydrogens (tertiary/aromatic N) is 1. The number of nitrogens with one attached hydrogen (secondary N) is 2. The van der Waals surface area contributed by atoms with Gasteiger partial charge in [-0.1, -0.05) is 53.5 Å². The van der Waals surface area contributed by atoms with Gasteiger partial charge in [-0.05, 0) is 47.9 Å². The highest BCUT2D eigenvalue weighted by Gasteiger charge is 2.27. The standard InChI is InChI=1S/C21H19Cl2N3O3S/c22-17-6-7-18(23)20(13-17)30(28,29)26-19(12-15-4-2-1-3-5-15)21(27)25-14-16-8-10-24-11-9-16/h1-11,13,19,26H,12,14H2,(H,25,27)/t19-/m1/s1. The molecule has 0 unspecified atom stereocenters. The second kappa shape index (κ2) is 10.0. The quantitative estimate of drug-likeness (QED) is 0.534. The molecule has 1 heterocycles. The molecule has 6 nitrogen and oxygen atoms in total. The van der Waals surface area contributed by atoms with E-state index in [4.69, 9.17) is 23.2 Å². The number of carbonyl (C=O) groups is 1. The van der Waals surface area contributed by atoms with Crippen molar-refractivity contribution in [2.75, 3.05) is 0 Å². The minimum absolute atomic E-state index is 0.0163. The van der Waals surface area contributed by atoms with Crippen molar-refractivity contribution in [3.63, 3.8) is 0 Å². The molecule has 0 saturated heterocycles. The van der Waals surface area contributed by atoms with Crippen LogP contribution in [0.2, 0.25) is 10.0 Å². The molecule has 0 fully saturated rings. The highest BCUT2D eigenvalue weighted by atomic mass is 35.5. The van der Waals surface area contributed by atoms with Crippen molar-refractivity contribution >= 4 is 39.1 Å². The van der Waals surface area contributed by atoms with Crippen LogP contribution in [0.3, 0.4) is 0 Å². The fourth-order valence-corrected chi connectivity index (χ4v) is 4.74. The van der Waals surface area contributed by atoms with Crippen molar-refractivity contribution in [2.45, 2.75) is 23.9 Å². The summed E-state index contributed by atoms with van der Waals surface area (Å²) in [5, 5.41) is 3.01. The van der Waals surface area contributed by atoms with Gasteiger partial charge in [0.25, 0.3) is 0 Å². The van der Waals surface area contributed by atoms with E-state index in [0.29, 0.717) is 0 Å². The summed E-state index contributed by atoms with van der Waals surface area (Å²) in [6, 6.07) is 15.8. The van der Waals surface area contributed by atoms with Crippen molar-refractivity contribution < 1.29 is 13.2 Å². The number of benzene rings is 2. The van der Waals surface area contributed by atoms with Crippen LogP contribution in [0.1, 0.15) is 11.1 Å². The van der Waals surface area contributed by atoms with E-state index in [2.05, 4.69) is 15.0 Å². The number of sulfonamides is 1. The van der Waals surface area contributed by atoms with Crippen molar-refractivity contribution in [1.29, 1.82) is 0 Å². The average molecular weight is 464 g/mol. The third-order valence-electron chi connectivity index (χ3n) is 4.30.